The van der Waals surface area contributed by atoms with Crippen molar-refractivity contribution in [2.45, 2.75) is 6.54 Å². The zero-order chi connectivity index (χ0) is 15.1. The molecule has 21 heavy (non-hydrogen) atoms. The normalized spacial score (nSPS) is 13.7. The Balaban J connectivity index is 1.98. The molecule has 0 atom stereocenters. The summed E-state index contributed by atoms with van der Waals surface area (Å²) in [5.41, 5.74) is 0.489. The molecule has 1 aliphatic heterocycles. The van der Waals surface area contributed by atoms with Crippen LogP contribution in [0.2, 0.25) is 0 Å². The van der Waals surface area contributed by atoms with Crippen molar-refractivity contribution < 1.29 is 24.0 Å². The summed E-state index contributed by atoms with van der Waals surface area (Å²) >= 11 is 3.30. The van der Waals surface area contributed by atoms with Gasteiger partial charge in [0.2, 0.25) is 0 Å². The lowest BCUT2D eigenvalue weighted by molar-refractivity contribution is -0.114. The Hall–Kier alpha value is -2.48. The van der Waals surface area contributed by atoms with Gasteiger partial charge < -0.3 is 9.63 Å². The van der Waals surface area contributed by atoms with E-state index in [1.807, 2.05) is 0 Å². The Morgan fingerprint density at radius 1 is 1.38 bits per heavy atom. The van der Waals surface area contributed by atoms with Crippen molar-refractivity contribution in [1.82, 2.24) is 5.16 Å². The highest BCUT2D eigenvalue weighted by Crippen LogP contribution is 2.36. The number of amides is 1. The standard InChI is InChI=1S/C13H7BrN2O5/c14-8-3-1-2-7-10(8)16(12(18)11(7)17)5-6-4-9(13(19)20)15-21-6/h1-4H,5H2,(H,19,20). The molecular weight excluding hydrogens is 344 g/mol. The Bertz CT molecular complexity index is 783. The van der Waals surface area contributed by atoms with Gasteiger partial charge >= 0.3 is 5.97 Å². The molecule has 1 aliphatic rings. The van der Waals surface area contributed by atoms with E-state index in [0.717, 1.165) is 0 Å². The number of fused-ring (bicyclic) bond motifs is 1. The minimum absolute atomic E-state index is 0.0690. The van der Waals surface area contributed by atoms with Gasteiger partial charge in [-0.15, -0.1) is 0 Å². The van der Waals surface area contributed by atoms with Crippen LogP contribution in [0.1, 0.15) is 26.6 Å². The molecule has 3 rings (SSSR count). The number of rotatable bonds is 3. The molecule has 0 aliphatic carbocycles. The molecule has 0 fully saturated rings. The molecule has 0 radical (unpaired) electrons. The summed E-state index contributed by atoms with van der Waals surface area (Å²) < 4.78 is 5.47. The minimum atomic E-state index is -1.23. The number of carbonyl (C=O) groups is 3. The Morgan fingerprint density at radius 3 is 2.81 bits per heavy atom. The summed E-state index contributed by atoms with van der Waals surface area (Å²) in [6, 6.07) is 6.15. The van der Waals surface area contributed by atoms with Crippen LogP contribution >= 0.6 is 15.9 Å². The number of benzene rings is 1. The third-order valence-electron chi connectivity index (χ3n) is 3.03. The summed E-state index contributed by atoms with van der Waals surface area (Å²) in [6.07, 6.45) is 0. The zero-order valence-corrected chi connectivity index (χ0v) is 12.0. The molecular formula is C13H7BrN2O5. The van der Waals surface area contributed by atoms with E-state index in [0.29, 0.717) is 15.7 Å². The number of ketones is 1. The Labute approximate surface area is 126 Å². The third kappa shape index (κ3) is 2.13. The first-order chi connectivity index (χ1) is 9.99. The van der Waals surface area contributed by atoms with Crippen LogP contribution in [0.4, 0.5) is 5.69 Å². The number of halogens is 1. The molecule has 1 N–H and O–H groups in total. The molecule has 106 valence electrons. The second-order valence-corrected chi connectivity index (χ2v) is 5.19. The van der Waals surface area contributed by atoms with Crippen molar-refractivity contribution in [3.8, 4) is 0 Å². The van der Waals surface area contributed by atoms with Crippen molar-refractivity contribution in [2.24, 2.45) is 0 Å². The topological polar surface area (TPSA) is 101 Å². The number of anilines is 1. The Kier molecular flexibility index (Phi) is 3.09. The first-order valence-corrected chi connectivity index (χ1v) is 6.62. The highest BCUT2D eigenvalue weighted by Gasteiger charge is 2.37. The van der Waals surface area contributed by atoms with E-state index >= 15 is 0 Å². The SMILES string of the molecule is O=C(O)c1cc(CN2C(=O)C(=O)c3cccc(Br)c32)on1. The van der Waals surface area contributed by atoms with E-state index in [9.17, 15) is 14.4 Å². The summed E-state index contributed by atoms with van der Waals surface area (Å²) in [7, 11) is 0. The second kappa shape index (κ2) is 4.81. The molecule has 0 saturated carbocycles. The number of carboxylic acids is 1. The molecule has 1 aromatic carbocycles. The average Bonchev–Trinajstić information content (AvgIpc) is 3.00. The van der Waals surface area contributed by atoms with Crippen LogP contribution in [0.3, 0.4) is 0 Å². The highest BCUT2D eigenvalue weighted by atomic mass is 79.9. The van der Waals surface area contributed by atoms with E-state index in [2.05, 4.69) is 21.1 Å². The van der Waals surface area contributed by atoms with E-state index in [-0.39, 0.29) is 18.0 Å². The van der Waals surface area contributed by atoms with E-state index in [1.165, 1.54) is 11.0 Å². The van der Waals surface area contributed by atoms with Crippen LogP contribution in [0.5, 0.6) is 0 Å². The fraction of sp³-hybridized carbons (Fsp3) is 0.0769. The largest absolute Gasteiger partial charge is 0.476 e. The lowest BCUT2D eigenvalue weighted by atomic mass is 10.1. The molecule has 0 spiro atoms. The number of Topliss-reactive ketones (excluding diaryl/α,β-unsaturated/α-hetero) is 1. The van der Waals surface area contributed by atoms with Crippen molar-refractivity contribution in [3.05, 3.63) is 45.8 Å². The van der Waals surface area contributed by atoms with Gasteiger partial charge in [-0.05, 0) is 28.1 Å². The van der Waals surface area contributed by atoms with E-state index in [4.69, 9.17) is 9.63 Å². The van der Waals surface area contributed by atoms with Gasteiger partial charge in [-0.1, -0.05) is 11.2 Å². The fourth-order valence-electron chi connectivity index (χ4n) is 2.11. The maximum atomic E-state index is 12.0. The monoisotopic (exact) mass is 350 g/mol. The third-order valence-corrected chi connectivity index (χ3v) is 3.67. The van der Waals surface area contributed by atoms with Gasteiger partial charge in [0.25, 0.3) is 11.7 Å². The smallest absolute Gasteiger partial charge is 0.358 e. The number of para-hydroxylation sites is 1. The van der Waals surface area contributed by atoms with Crippen LogP contribution in [-0.4, -0.2) is 27.9 Å². The van der Waals surface area contributed by atoms with Crippen LogP contribution in [0.15, 0.2) is 33.3 Å². The summed E-state index contributed by atoms with van der Waals surface area (Å²) in [6.45, 7) is -0.0690. The van der Waals surface area contributed by atoms with Crippen LogP contribution in [-0.2, 0) is 11.3 Å². The molecule has 8 heteroatoms. The number of carboxylic acid groups (broad SMARTS) is 1. The van der Waals surface area contributed by atoms with Crippen molar-refractivity contribution in [3.63, 3.8) is 0 Å². The first-order valence-electron chi connectivity index (χ1n) is 5.82. The maximum Gasteiger partial charge on any atom is 0.358 e. The van der Waals surface area contributed by atoms with Gasteiger partial charge in [0.1, 0.15) is 0 Å². The van der Waals surface area contributed by atoms with Crippen LogP contribution < -0.4 is 4.90 Å². The van der Waals surface area contributed by atoms with Gasteiger partial charge in [0.05, 0.1) is 17.8 Å². The van der Waals surface area contributed by atoms with Crippen molar-refractivity contribution >= 4 is 39.3 Å². The summed E-state index contributed by atoms with van der Waals surface area (Å²) in [5.74, 6) is -2.35. The van der Waals surface area contributed by atoms with Gasteiger partial charge in [-0.25, -0.2) is 4.79 Å². The first kappa shape index (κ1) is 13.5. The lowest BCUT2D eigenvalue weighted by Gasteiger charge is -2.15. The molecule has 0 bridgehead atoms. The van der Waals surface area contributed by atoms with Crippen molar-refractivity contribution in [1.29, 1.82) is 0 Å². The number of hydrogen-bond acceptors (Lipinski definition) is 5. The van der Waals surface area contributed by atoms with Gasteiger partial charge in [-0.2, -0.15) is 0 Å². The minimum Gasteiger partial charge on any atom is -0.476 e. The number of hydrogen-bond donors (Lipinski definition) is 1. The molecule has 7 nitrogen and oxygen atoms in total. The predicted molar refractivity (Wildman–Crippen MR) is 73.1 cm³/mol. The quantitative estimate of drug-likeness (QED) is 0.848. The average molecular weight is 351 g/mol. The number of aromatic carboxylic acids is 1. The predicted octanol–water partition coefficient (Wildman–Crippen LogP) is 1.86. The van der Waals surface area contributed by atoms with Gasteiger partial charge in [-0.3, -0.25) is 14.5 Å². The molecule has 2 aromatic rings. The Morgan fingerprint density at radius 2 is 2.14 bits per heavy atom. The zero-order valence-electron chi connectivity index (χ0n) is 10.4. The molecule has 1 amide bonds. The number of carbonyl (C=O) groups excluding carboxylic acids is 2. The fourth-order valence-corrected chi connectivity index (χ4v) is 2.69. The molecule has 0 saturated heterocycles. The van der Waals surface area contributed by atoms with Crippen LogP contribution in [0.25, 0.3) is 0 Å². The molecule has 1 aromatic heterocycles. The van der Waals surface area contributed by atoms with Gasteiger partial charge in [0, 0.05) is 10.5 Å². The van der Waals surface area contributed by atoms with Crippen molar-refractivity contribution in [2.75, 3.05) is 4.90 Å². The highest BCUT2D eigenvalue weighted by molar-refractivity contribution is 9.10. The maximum absolute atomic E-state index is 12.0. The van der Waals surface area contributed by atoms with E-state index in [1.54, 1.807) is 18.2 Å². The number of aromatic nitrogens is 1. The van der Waals surface area contributed by atoms with E-state index < -0.39 is 17.7 Å². The molecule has 2 heterocycles. The lowest BCUT2D eigenvalue weighted by Crippen LogP contribution is -2.29. The molecule has 0 unspecified atom stereocenters. The number of nitrogens with zero attached hydrogens (tertiary/aromatic N) is 2. The van der Waals surface area contributed by atoms with Crippen LogP contribution in [0, 0.1) is 0 Å². The van der Waals surface area contributed by atoms with Gasteiger partial charge in [0.15, 0.2) is 11.5 Å². The summed E-state index contributed by atoms with van der Waals surface area (Å²) in [5, 5.41) is 12.2. The summed E-state index contributed by atoms with van der Waals surface area (Å²) in [4.78, 5) is 35.9. The second-order valence-electron chi connectivity index (χ2n) is 4.34.